The zero-order chi connectivity index (χ0) is 21.0. The van der Waals surface area contributed by atoms with Crippen LogP contribution in [-0.2, 0) is 26.3 Å². The van der Waals surface area contributed by atoms with Crippen molar-refractivity contribution >= 4 is 75.2 Å². The summed E-state index contributed by atoms with van der Waals surface area (Å²) in [7, 11) is -4.02. The molecule has 0 aliphatic rings. The number of aryl methyl sites for hydroxylation is 1. The summed E-state index contributed by atoms with van der Waals surface area (Å²) in [6.45, 7) is 2.75. The van der Waals surface area contributed by atoms with Gasteiger partial charge in [0.2, 0.25) is 0 Å². The molecule has 0 spiro atoms. The maximum absolute atomic E-state index is 11.5. The maximum atomic E-state index is 11.5. The summed E-state index contributed by atoms with van der Waals surface area (Å²) in [5, 5.41) is 0. The Morgan fingerprint density at radius 2 is 1.60 bits per heavy atom. The van der Waals surface area contributed by atoms with Crippen LogP contribution in [0.5, 0.6) is 0 Å². The van der Waals surface area contributed by atoms with E-state index in [0.717, 1.165) is 24.0 Å². The number of nitrogens with two attached hydrogens (primary N) is 2. The normalized spacial score (nSPS) is 11.1. The van der Waals surface area contributed by atoms with Gasteiger partial charge in [0.05, 0.1) is 4.90 Å². The van der Waals surface area contributed by atoms with Crippen LogP contribution in [0.15, 0.2) is 59.5 Å². The number of rotatable bonds is 8. The number of hydrogen-bond donors (Lipinski definition) is 3. The molecule has 30 heavy (non-hydrogen) atoms. The number of unbranched alkanes of at least 4 members (excludes halogenated alkanes) is 1. The van der Waals surface area contributed by atoms with Gasteiger partial charge >= 0.3 is 65.1 Å². The van der Waals surface area contributed by atoms with Crippen molar-refractivity contribution in [1.82, 2.24) is 0 Å². The summed E-state index contributed by atoms with van der Waals surface area (Å²) in [5.41, 5.74) is 13.0. The Bertz CT molecular complexity index is 819. The van der Waals surface area contributed by atoms with Gasteiger partial charge in [-0.2, -0.15) is 8.42 Å². The average Bonchev–Trinajstić information content (AvgIpc) is 2.67. The van der Waals surface area contributed by atoms with Crippen molar-refractivity contribution in [3.05, 3.63) is 65.7 Å². The van der Waals surface area contributed by atoms with E-state index < -0.39 is 16.2 Å². The zero-order valence-corrected chi connectivity index (χ0v) is 16.8. The van der Waals surface area contributed by atoms with Gasteiger partial charge in [-0.3, -0.25) is 9.35 Å². The van der Waals surface area contributed by atoms with Gasteiger partial charge in [-0.05, 0) is 44.0 Å². The molecule has 0 saturated heterocycles. The number of carbonyl (C=O) groups is 1. The van der Waals surface area contributed by atoms with Gasteiger partial charge in [0.25, 0.3) is 10.1 Å². The Balaban J connectivity index is 0. The van der Waals surface area contributed by atoms with Crippen LogP contribution in [0.1, 0.15) is 30.4 Å². The quantitative estimate of drug-likeness (QED) is 0.235. The molecule has 0 aliphatic carbocycles. The second kappa shape index (κ2) is 17.3. The molecule has 2 aromatic carbocycles. The van der Waals surface area contributed by atoms with Crippen LogP contribution in [-0.4, -0.2) is 90.6 Å². The average molecular weight is 457 g/mol. The third-order valence-corrected chi connectivity index (χ3v) is 4.68. The van der Waals surface area contributed by atoms with E-state index in [2.05, 4.69) is 0 Å². The minimum absolute atomic E-state index is 0. The zero-order valence-electron chi connectivity index (χ0n) is 16.0. The molecule has 7 nitrogen and oxygen atoms in total. The van der Waals surface area contributed by atoms with E-state index in [-0.39, 0.29) is 76.6 Å². The molecule has 0 unspecified atom stereocenters. The first-order valence-electron chi connectivity index (χ1n) is 8.94. The van der Waals surface area contributed by atoms with Crippen LogP contribution in [0.25, 0.3) is 0 Å². The molecular weight excluding hydrogens is 426 g/mol. The molecule has 2 rings (SSSR count). The van der Waals surface area contributed by atoms with Crippen molar-refractivity contribution in [1.29, 1.82) is 0 Å². The number of hydrogen-bond acceptors (Lipinski definition) is 6. The summed E-state index contributed by atoms with van der Waals surface area (Å²) < 4.78 is 34.7. The van der Waals surface area contributed by atoms with E-state index in [9.17, 15) is 13.2 Å². The van der Waals surface area contributed by atoms with Crippen LogP contribution in [0, 0.1) is 6.92 Å². The SMILES string of the molecule is Cc1ccc(S(=O)(=O)O)cc1.NCCCC[C@H](N)C(=O)OCc1ccccc1.[NaH].[NaH]. The molecule has 0 radical (unpaired) electrons. The standard InChI is InChI=1S/C13H20N2O2.C7H8O3S.2Na.2H/c14-9-5-4-8-12(15)13(16)17-10-11-6-2-1-3-7-11;1-6-2-4-7(5-3-6)11(8,9)10;;;;/h1-3,6-7,12H,4-5,8-10,14-15H2;2-5H,1H3,(H,8,9,10);;;;/t12-;;;;;/m0...../s1. The summed E-state index contributed by atoms with van der Waals surface area (Å²) >= 11 is 0. The predicted molar refractivity (Wildman–Crippen MR) is 122 cm³/mol. The Morgan fingerprint density at radius 3 is 2.10 bits per heavy atom. The second-order valence-corrected chi connectivity index (χ2v) is 7.69. The van der Waals surface area contributed by atoms with Gasteiger partial charge < -0.3 is 16.2 Å². The van der Waals surface area contributed by atoms with E-state index in [0.29, 0.717) is 13.0 Å². The third kappa shape index (κ3) is 13.9. The fourth-order valence-electron chi connectivity index (χ4n) is 2.17. The van der Waals surface area contributed by atoms with E-state index in [1.807, 2.05) is 37.3 Å². The van der Waals surface area contributed by atoms with Crippen molar-refractivity contribution < 1.29 is 22.5 Å². The summed E-state index contributed by atoms with van der Waals surface area (Å²) in [5.74, 6) is -0.342. The van der Waals surface area contributed by atoms with Crippen LogP contribution in [0.4, 0.5) is 0 Å². The van der Waals surface area contributed by atoms with Crippen molar-refractivity contribution in [2.24, 2.45) is 11.5 Å². The molecule has 0 amide bonds. The molecule has 0 heterocycles. The molecule has 0 fully saturated rings. The van der Waals surface area contributed by atoms with E-state index >= 15 is 0 Å². The van der Waals surface area contributed by atoms with Crippen LogP contribution in [0.3, 0.4) is 0 Å². The summed E-state index contributed by atoms with van der Waals surface area (Å²) in [6.07, 6.45) is 2.38. The van der Waals surface area contributed by atoms with Crippen molar-refractivity contribution in [2.75, 3.05) is 6.54 Å². The van der Waals surface area contributed by atoms with Crippen molar-refractivity contribution in [3.8, 4) is 0 Å². The van der Waals surface area contributed by atoms with E-state index in [4.69, 9.17) is 20.8 Å². The number of esters is 1. The molecular formula is C20H30N2Na2O5S. The van der Waals surface area contributed by atoms with Crippen molar-refractivity contribution in [2.45, 2.75) is 43.7 Å². The molecule has 10 heteroatoms. The van der Waals surface area contributed by atoms with E-state index in [1.165, 1.54) is 12.1 Å². The Morgan fingerprint density at radius 1 is 1.03 bits per heavy atom. The molecule has 1 atom stereocenters. The summed E-state index contributed by atoms with van der Waals surface area (Å²) in [4.78, 5) is 11.5. The predicted octanol–water partition coefficient (Wildman–Crippen LogP) is 1.13. The molecule has 158 valence electrons. The Labute approximate surface area is 223 Å². The molecule has 5 N–H and O–H groups in total. The molecule has 2 aromatic rings. The van der Waals surface area contributed by atoms with Gasteiger partial charge in [0.1, 0.15) is 12.6 Å². The first kappa shape index (κ1) is 31.9. The van der Waals surface area contributed by atoms with Crippen molar-refractivity contribution in [3.63, 3.8) is 0 Å². The van der Waals surface area contributed by atoms with Gasteiger partial charge in [0, 0.05) is 0 Å². The Hall–Kier alpha value is -0.260. The first-order valence-corrected chi connectivity index (χ1v) is 10.4. The van der Waals surface area contributed by atoms with Gasteiger partial charge in [-0.25, -0.2) is 0 Å². The molecule has 0 aromatic heterocycles. The van der Waals surface area contributed by atoms with Crippen LogP contribution in [0.2, 0.25) is 0 Å². The second-order valence-electron chi connectivity index (χ2n) is 6.27. The van der Waals surface area contributed by atoms with Gasteiger partial charge in [-0.15, -0.1) is 0 Å². The number of benzene rings is 2. The van der Waals surface area contributed by atoms with Gasteiger partial charge in [0.15, 0.2) is 0 Å². The fourth-order valence-corrected chi connectivity index (χ4v) is 2.65. The molecule has 0 aliphatic heterocycles. The van der Waals surface area contributed by atoms with E-state index in [1.54, 1.807) is 12.1 Å². The first-order chi connectivity index (χ1) is 13.2. The van der Waals surface area contributed by atoms with Crippen LogP contribution >= 0.6 is 0 Å². The number of carbonyl (C=O) groups excluding carboxylic acids is 1. The summed E-state index contributed by atoms with van der Waals surface area (Å²) in [6, 6.07) is 15.0. The fraction of sp³-hybridized carbons (Fsp3) is 0.350. The molecule has 0 saturated carbocycles. The monoisotopic (exact) mass is 456 g/mol. The number of ether oxygens (including phenoxy) is 1. The van der Waals surface area contributed by atoms with Crippen LogP contribution < -0.4 is 11.5 Å². The minimum atomic E-state index is -4.02. The molecule has 0 bridgehead atoms. The topological polar surface area (TPSA) is 133 Å². The van der Waals surface area contributed by atoms with Gasteiger partial charge in [-0.1, -0.05) is 54.4 Å². The third-order valence-electron chi connectivity index (χ3n) is 3.81. The Kier molecular flexibility index (Phi) is 18.4.